The molecule has 0 aliphatic rings. The highest BCUT2D eigenvalue weighted by atomic mass is 31.0. The smallest absolute Gasteiger partial charge is 0.0169 e. The van der Waals surface area contributed by atoms with Gasteiger partial charge in [0.2, 0.25) is 0 Å². The highest BCUT2D eigenvalue weighted by Gasteiger charge is 1.84. The lowest BCUT2D eigenvalue weighted by atomic mass is 10.2. The van der Waals surface area contributed by atoms with E-state index in [9.17, 15) is 0 Å². The van der Waals surface area contributed by atoms with Crippen molar-refractivity contribution in [1.82, 2.24) is 0 Å². The first-order valence-corrected chi connectivity index (χ1v) is 4.56. The molecule has 0 aromatic carbocycles. The molecule has 0 radical (unpaired) electrons. The summed E-state index contributed by atoms with van der Waals surface area (Å²) in [7, 11) is 2.72. The lowest BCUT2D eigenvalue weighted by Gasteiger charge is -1.94. The molecule has 0 nitrogen and oxygen atoms in total. The van der Waals surface area contributed by atoms with Crippen LogP contribution in [0.5, 0.6) is 0 Å². The zero-order valence-corrected chi connectivity index (χ0v) is 8.30. The molecule has 1 unspecified atom stereocenters. The average Bonchev–Trinajstić information content (AvgIpc) is 1.88. The largest absolute Gasteiger partial charge is 0.133 e. The Kier molecular flexibility index (Phi) is 5.63. The summed E-state index contributed by atoms with van der Waals surface area (Å²) in [6, 6.07) is 0. The van der Waals surface area contributed by atoms with Crippen molar-refractivity contribution < 1.29 is 0 Å². The van der Waals surface area contributed by atoms with Crippen LogP contribution in [0.25, 0.3) is 0 Å². The molecule has 1 atom stereocenters. The summed E-state index contributed by atoms with van der Waals surface area (Å²) in [6.45, 7) is 6.46. The fourth-order valence-electron chi connectivity index (χ4n) is 0.828. The molecule has 58 valence electrons. The van der Waals surface area contributed by atoms with Crippen molar-refractivity contribution in [3.05, 3.63) is 23.3 Å². The maximum Gasteiger partial charge on any atom is -0.0169 e. The van der Waals surface area contributed by atoms with Gasteiger partial charge >= 0.3 is 0 Å². The van der Waals surface area contributed by atoms with Gasteiger partial charge in [-0.1, -0.05) is 30.2 Å². The predicted molar refractivity (Wildman–Crippen MR) is 52.4 cm³/mol. The first kappa shape index (κ1) is 9.91. The summed E-state index contributed by atoms with van der Waals surface area (Å²) < 4.78 is 0. The number of hydrogen-bond acceptors (Lipinski definition) is 0. The Morgan fingerprint density at radius 3 is 2.40 bits per heavy atom. The zero-order valence-electron chi connectivity index (χ0n) is 7.15. The van der Waals surface area contributed by atoms with Gasteiger partial charge < -0.3 is 0 Å². The van der Waals surface area contributed by atoms with E-state index < -0.39 is 0 Å². The summed E-state index contributed by atoms with van der Waals surface area (Å²) in [6.07, 6.45) is 6.68. The number of hydrogen-bond donors (Lipinski definition) is 0. The molecule has 1 heteroatoms. The van der Waals surface area contributed by atoms with Crippen LogP contribution in [0.15, 0.2) is 23.3 Å². The summed E-state index contributed by atoms with van der Waals surface area (Å²) in [4.78, 5) is 0. The maximum atomic E-state index is 2.72. The Labute approximate surface area is 66.6 Å². The highest BCUT2D eigenvalue weighted by molar-refractivity contribution is 7.16. The van der Waals surface area contributed by atoms with Gasteiger partial charge in [0.15, 0.2) is 0 Å². The second-order valence-electron chi connectivity index (χ2n) is 2.55. The van der Waals surface area contributed by atoms with Gasteiger partial charge in [-0.25, -0.2) is 0 Å². The minimum absolute atomic E-state index is 1.08. The molecule has 0 spiro atoms. The average molecular weight is 156 g/mol. The molecule has 0 saturated carbocycles. The molecular formula is C9H17P. The van der Waals surface area contributed by atoms with E-state index in [1.165, 1.54) is 11.1 Å². The lowest BCUT2D eigenvalue weighted by molar-refractivity contribution is 1.19. The van der Waals surface area contributed by atoms with Gasteiger partial charge in [0.05, 0.1) is 0 Å². The topological polar surface area (TPSA) is 0 Å². The van der Waals surface area contributed by atoms with Crippen molar-refractivity contribution in [1.29, 1.82) is 0 Å². The fraction of sp³-hybridized carbons (Fsp3) is 0.556. The van der Waals surface area contributed by atoms with Gasteiger partial charge in [0.1, 0.15) is 0 Å². The SMILES string of the molecule is CC/C=C(C)\C=C(\C)CP. The van der Waals surface area contributed by atoms with Crippen LogP contribution in [0.4, 0.5) is 0 Å². The molecule has 10 heavy (non-hydrogen) atoms. The van der Waals surface area contributed by atoms with E-state index in [-0.39, 0.29) is 0 Å². The molecule has 0 saturated heterocycles. The number of rotatable bonds is 3. The van der Waals surface area contributed by atoms with E-state index in [1.54, 1.807) is 0 Å². The monoisotopic (exact) mass is 156 g/mol. The van der Waals surface area contributed by atoms with E-state index >= 15 is 0 Å². The molecule has 0 bridgehead atoms. The van der Waals surface area contributed by atoms with Gasteiger partial charge in [-0.2, -0.15) is 0 Å². The van der Waals surface area contributed by atoms with Crippen LogP contribution in [-0.4, -0.2) is 6.16 Å². The third-order valence-corrected chi connectivity index (χ3v) is 1.97. The quantitative estimate of drug-likeness (QED) is 0.435. The van der Waals surface area contributed by atoms with Gasteiger partial charge in [0.25, 0.3) is 0 Å². The first-order valence-electron chi connectivity index (χ1n) is 3.74. The molecular weight excluding hydrogens is 139 g/mol. The van der Waals surface area contributed by atoms with E-state index in [0.29, 0.717) is 0 Å². The zero-order chi connectivity index (χ0) is 7.98. The van der Waals surface area contributed by atoms with Crippen LogP contribution in [-0.2, 0) is 0 Å². The highest BCUT2D eigenvalue weighted by Crippen LogP contribution is 2.04. The van der Waals surface area contributed by atoms with E-state index in [1.807, 2.05) is 0 Å². The summed E-state index contributed by atoms with van der Waals surface area (Å²) in [5, 5.41) is 0. The van der Waals surface area contributed by atoms with Gasteiger partial charge in [-0.05, 0) is 26.4 Å². The Morgan fingerprint density at radius 2 is 2.00 bits per heavy atom. The van der Waals surface area contributed by atoms with Crippen LogP contribution < -0.4 is 0 Å². The van der Waals surface area contributed by atoms with Gasteiger partial charge in [-0.15, -0.1) is 9.24 Å². The standard InChI is InChI=1S/C9H17P/c1-4-5-8(2)6-9(3)7-10/h5-6H,4,7,10H2,1-3H3/b8-5-,9-6-. The van der Waals surface area contributed by atoms with E-state index in [0.717, 1.165) is 12.6 Å². The minimum Gasteiger partial charge on any atom is -0.133 e. The van der Waals surface area contributed by atoms with Gasteiger partial charge in [-0.3, -0.25) is 0 Å². The van der Waals surface area contributed by atoms with Crippen molar-refractivity contribution in [2.45, 2.75) is 27.2 Å². The Hall–Kier alpha value is -0.0900. The summed E-state index contributed by atoms with van der Waals surface area (Å²) >= 11 is 0. The molecule has 0 aromatic heterocycles. The van der Waals surface area contributed by atoms with Crippen molar-refractivity contribution in [3.8, 4) is 0 Å². The van der Waals surface area contributed by atoms with Crippen molar-refractivity contribution in [2.75, 3.05) is 6.16 Å². The fourth-order valence-corrected chi connectivity index (χ4v) is 0.946. The van der Waals surface area contributed by atoms with Crippen LogP contribution in [0, 0.1) is 0 Å². The molecule has 0 aliphatic heterocycles. The first-order chi connectivity index (χ1) is 4.70. The predicted octanol–water partition coefficient (Wildman–Crippen LogP) is 3.16. The van der Waals surface area contributed by atoms with E-state index in [2.05, 4.69) is 42.2 Å². The van der Waals surface area contributed by atoms with Crippen LogP contribution in [0.2, 0.25) is 0 Å². The summed E-state index contributed by atoms with van der Waals surface area (Å²) in [5.41, 5.74) is 2.80. The normalized spacial score (nSPS) is 14.0. The Balaban J connectivity index is 3.98. The lowest BCUT2D eigenvalue weighted by Crippen LogP contribution is -1.77. The second-order valence-corrected chi connectivity index (χ2v) is 2.96. The van der Waals surface area contributed by atoms with Crippen LogP contribution in [0.1, 0.15) is 27.2 Å². The van der Waals surface area contributed by atoms with Crippen molar-refractivity contribution in [2.24, 2.45) is 0 Å². The van der Waals surface area contributed by atoms with Crippen LogP contribution >= 0.6 is 9.24 Å². The molecule has 0 aromatic rings. The molecule has 0 N–H and O–H groups in total. The van der Waals surface area contributed by atoms with Gasteiger partial charge in [0, 0.05) is 0 Å². The molecule has 0 fully saturated rings. The molecule has 0 rings (SSSR count). The van der Waals surface area contributed by atoms with Crippen molar-refractivity contribution >= 4 is 9.24 Å². The van der Waals surface area contributed by atoms with E-state index in [4.69, 9.17) is 0 Å². The van der Waals surface area contributed by atoms with Crippen LogP contribution in [0.3, 0.4) is 0 Å². The third kappa shape index (κ3) is 4.76. The molecule has 0 amide bonds. The molecule has 0 aliphatic carbocycles. The number of allylic oxidation sites excluding steroid dienone is 4. The maximum absolute atomic E-state index is 2.72. The Bertz CT molecular complexity index is 143. The Morgan fingerprint density at radius 1 is 1.40 bits per heavy atom. The molecule has 0 heterocycles. The summed E-state index contributed by atoms with van der Waals surface area (Å²) in [5.74, 6) is 0. The third-order valence-electron chi connectivity index (χ3n) is 1.32. The minimum atomic E-state index is 1.08. The van der Waals surface area contributed by atoms with Crippen molar-refractivity contribution in [3.63, 3.8) is 0 Å². The second kappa shape index (κ2) is 5.68.